The highest BCUT2D eigenvalue weighted by Gasteiger charge is 2.24. The van der Waals surface area contributed by atoms with E-state index in [9.17, 15) is 4.79 Å². The Morgan fingerprint density at radius 1 is 1.31 bits per heavy atom. The van der Waals surface area contributed by atoms with E-state index in [1.54, 1.807) is 41.9 Å². The second kappa shape index (κ2) is 8.60. The number of anilines is 2. The molecular formula is C22H23ClN8O. The SMILES string of the molecule is N[C@@H]1CCCN(c2c(Cl)cnc3[nH]cc(NC(=O)c4cnn(Cc5ccncc5)c4)c23)C1. The number of carbonyl (C=O) groups excluding carboxylic acids is 1. The summed E-state index contributed by atoms with van der Waals surface area (Å²) in [5.41, 5.74) is 9.83. The summed E-state index contributed by atoms with van der Waals surface area (Å²) >= 11 is 6.56. The number of H-pyrrole nitrogens is 1. The van der Waals surface area contributed by atoms with E-state index in [2.05, 4.69) is 30.3 Å². The molecule has 5 heterocycles. The number of nitrogens with zero attached hydrogens (tertiary/aromatic N) is 5. The van der Waals surface area contributed by atoms with Crippen LogP contribution in [-0.4, -0.2) is 49.8 Å². The molecule has 0 spiro atoms. The molecular weight excluding hydrogens is 428 g/mol. The van der Waals surface area contributed by atoms with Gasteiger partial charge in [-0.2, -0.15) is 5.10 Å². The van der Waals surface area contributed by atoms with Crippen LogP contribution in [-0.2, 0) is 6.54 Å². The largest absolute Gasteiger partial charge is 0.368 e. The van der Waals surface area contributed by atoms with Crippen molar-refractivity contribution in [2.24, 2.45) is 5.73 Å². The van der Waals surface area contributed by atoms with Gasteiger partial charge in [0.1, 0.15) is 5.65 Å². The number of piperidine rings is 1. The number of pyridine rings is 2. The molecule has 1 aliphatic heterocycles. The Hall–Kier alpha value is -3.43. The third-order valence-electron chi connectivity index (χ3n) is 5.64. The van der Waals surface area contributed by atoms with E-state index in [0.29, 0.717) is 35.0 Å². The zero-order chi connectivity index (χ0) is 22.1. The monoisotopic (exact) mass is 450 g/mol. The van der Waals surface area contributed by atoms with Gasteiger partial charge in [-0.25, -0.2) is 4.98 Å². The lowest BCUT2D eigenvalue weighted by Gasteiger charge is -2.33. The highest BCUT2D eigenvalue weighted by Crippen LogP contribution is 2.38. The highest BCUT2D eigenvalue weighted by atomic mass is 35.5. The van der Waals surface area contributed by atoms with Crippen molar-refractivity contribution in [2.45, 2.75) is 25.4 Å². The van der Waals surface area contributed by atoms with Crippen molar-refractivity contribution in [3.63, 3.8) is 0 Å². The van der Waals surface area contributed by atoms with Gasteiger partial charge in [-0.3, -0.25) is 14.5 Å². The molecule has 9 nitrogen and oxygen atoms in total. The molecule has 4 aromatic heterocycles. The maximum atomic E-state index is 13.0. The van der Waals surface area contributed by atoms with E-state index < -0.39 is 0 Å². The van der Waals surface area contributed by atoms with Gasteiger partial charge >= 0.3 is 0 Å². The van der Waals surface area contributed by atoms with E-state index in [0.717, 1.165) is 36.0 Å². The van der Waals surface area contributed by atoms with Gasteiger partial charge in [0.2, 0.25) is 0 Å². The van der Waals surface area contributed by atoms with Crippen LogP contribution in [0.4, 0.5) is 11.4 Å². The van der Waals surface area contributed by atoms with Crippen LogP contribution in [0.25, 0.3) is 11.0 Å². The second-order valence-electron chi connectivity index (χ2n) is 7.97. The molecule has 5 rings (SSSR count). The minimum absolute atomic E-state index is 0.0891. The van der Waals surface area contributed by atoms with Gasteiger partial charge in [0.25, 0.3) is 5.91 Å². The standard InChI is InChI=1S/C22H23ClN8O/c23-17-9-26-21-19(20(17)30-7-1-2-16(24)13-30)18(10-27-21)29-22(32)15-8-28-31(12-15)11-14-3-5-25-6-4-14/h3-6,8-10,12,16H,1-2,7,11,13,24H2,(H,26,27)(H,29,32)/t16-/m1/s1. The molecule has 0 saturated carbocycles. The fraction of sp³-hybridized carbons (Fsp3) is 0.273. The van der Waals surface area contributed by atoms with Gasteiger partial charge in [-0.1, -0.05) is 11.6 Å². The first-order valence-corrected chi connectivity index (χ1v) is 10.8. The number of rotatable bonds is 5. The predicted molar refractivity (Wildman–Crippen MR) is 124 cm³/mol. The van der Waals surface area contributed by atoms with Gasteiger partial charge in [0.05, 0.1) is 46.3 Å². The molecule has 0 radical (unpaired) electrons. The zero-order valence-corrected chi connectivity index (χ0v) is 18.1. The number of aromatic nitrogens is 5. The Morgan fingerprint density at radius 3 is 2.97 bits per heavy atom. The Labute approximate surface area is 189 Å². The summed E-state index contributed by atoms with van der Waals surface area (Å²) in [7, 11) is 0. The van der Waals surface area contributed by atoms with Crippen LogP contribution in [0.5, 0.6) is 0 Å². The molecule has 1 atom stereocenters. The van der Waals surface area contributed by atoms with Crippen LogP contribution >= 0.6 is 11.6 Å². The van der Waals surface area contributed by atoms with E-state index in [-0.39, 0.29) is 11.9 Å². The summed E-state index contributed by atoms with van der Waals surface area (Å²) in [6.07, 6.45) is 12.1. The summed E-state index contributed by atoms with van der Waals surface area (Å²) in [6.45, 7) is 2.12. The molecule has 0 unspecified atom stereocenters. The summed E-state index contributed by atoms with van der Waals surface area (Å²) < 4.78 is 1.72. The average Bonchev–Trinajstić information content (AvgIpc) is 3.42. The van der Waals surface area contributed by atoms with Crippen LogP contribution in [0, 0.1) is 0 Å². The third kappa shape index (κ3) is 4.04. The fourth-order valence-corrected chi connectivity index (χ4v) is 4.38. The number of fused-ring (bicyclic) bond motifs is 1. The number of hydrogen-bond acceptors (Lipinski definition) is 6. The number of halogens is 1. The van der Waals surface area contributed by atoms with Crippen molar-refractivity contribution < 1.29 is 4.79 Å². The number of amides is 1. The molecule has 4 aromatic rings. The summed E-state index contributed by atoms with van der Waals surface area (Å²) in [5, 5.41) is 8.61. The first-order valence-electron chi connectivity index (χ1n) is 10.5. The molecule has 164 valence electrons. The minimum atomic E-state index is -0.256. The quantitative estimate of drug-likeness (QED) is 0.430. The zero-order valence-electron chi connectivity index (χ0n) is 17.3. The Kier molecular flexibility index (Phi) is 5.50. The van der Waals surface area contributed by atoms with Gasteiger partial charge < -0.3 is 20.9 Å². The van der Waals surface area contributed by atoms with E-state index in [1.807, 2.05) is 12.1 Å². The number of nitrogens with two attached hydrogens (primary N) is 1. The first kappa shape index (κ1) is 20.5. The average molecular weight is 451 g/mol. The molecule has 0 aliphatic carbocycles. The number of carbonyl (C=O) groups is 1. The van der Waals surface area contributed by atoms with Crippen molar-refractivity contribution in [1.29, 1.82) is 0 Å². The van der Waals surface area contributed by atoms with Crippen LogP contribution in [0.3, 0.4) is 0 Å². The predicted octanol–water partition coefficient (Wildman–Crippen LogP) is 3.04. The van der Waals surface area contributed by atoms with E-state index in [1.165, 1.54) is 0 Å². The number of hydrogen-bond donors (Lipinski definition) is 3. The Bertz CT molecular complexity index is 1250. The maximum absolute atomic E-state index is 13.0. The Morgan fingerprint density at radius 2 is 2.16 bits per heavy atom. The first-order chi connectivity index (χ1) is 15.6. The fourth-order valence-electron chi connectivity index (χ4n) is 4.11. The van der Waals surface area contributed by atoms with Crippen LogP contribution in [0.2, 0.25) is 5.02 Å². The minimum Gasteiger partial charge on any atom is -0.368 e. The topological polar surface area (TPSA) is 118 Å². The molecule has 1 saturated heterocycles. The molecule has 1 amide bonds. The van der Waals surface area contributed by atoms with E-state index in [4.69, 9.17) is 17.3 Å². The van der Waals surface area contributed by atoms with Crippen molar-refractivity contribution in [3.05, 3.63) is 65.5 Å². The van der Waals surface area contributed by atoms with Crippen molar-refractivity contribution in [1.82, 2.24) is 24.7 Å². The van der Waals surface area contributed by atoms with Gasteiger partial charge in [0, 0.05) is 43.9 Å². The number of aromatic amines is 1. The van der Waals surface area contributed by atoms with Crippen molar-refractivity contribution in [3.8, 4) is 0 Å². The Balaban J connectivity index is 1.41. The summed E-state index contributed by atoms with van der Waals surface area (Å²) in [5.74, 6) is -0.256. The molecule has 4 N–H and O–H groups in total. The third-order valence-corrected chi connectivity index (χ3v) is 5.92. The van der Waals surface area contributed by atoms with Crippen molar-refractivity contribution >= 4 is 39.9 Å². The van der Waals surface area contributed by atoms with Crippen molar-refractivity contribution in [2.75, 3.05) is 23.3 Å². The lowest BCUT2D eigenvalue weighted by Crippen LogP contribution is -2.43. The van der Waals surface area contributed by atoms with Gasteiger partial charge in [-0.05, 0) is 30.5 Å². The lowest BCUT2D eigenvalue weighted by atomic mass is 10.1. The van der Waals surface area contributed by atoms with Crippen LogP contribution in [0.15, 0.2) is 49.3 Å². The molecule has 0 bridgehead atoms. The maximum Gasteiger partial charge on any atom is 0.258 e. The normalized spacial score (nSPS) is 16.4. The summed E-state index contributed by atoms with van der Waals surface area (Å²) in [4.78, 5) is 26.7. The smallest absolute Gasteiger partial charge is 0.258 e. The molecule has 32 heavy (non-hydrogen) atoms. The number of nitrogens with one attached hydrogen (secondary N) is 2. The van der Waals surface area contributed by atoms with Gasteiger partial charge in [-0.15, -0.1) is 0 Å². The molecule has 10 heteroatoms. The van der Waals surface area contributed by atoms with Crippen LogP contribution < -0.4 is 16.0 Å². The summed E-state index contributed by atoms with van der Waals surface area (Å²) in [6, 6.07) is 3.92. The lowest BCUT2D eigenvalue weighted by molar-refractivity contribution is 0.102. The molecule has 0 aromatic carbocycles. The molecule has 1 aliphatic rings. The highest BCUT2D eigenvalue weighted by molar-refractivity contribution is 6.35. The van der Waals surface area contributed by atoms with E-state index >= 15 is 0 Å². The van der Waals surface area contributed by atoms with Crippen LogP contribution in [0.1, 0.15) is 28.8 Å². The van der Waals surface area contributed by atoms with Gasteiger partial charge in [0.15, 0.2) is 0 Å². The second-order valence-corrected chi connectivity index (χ2v) is 8.37. The molecule has 1 fully saturated rings.